The van der Waals surface area contributed by atoms with Gasteiger partial charge in [0.15, 0.2) is 0 Å². The number of hydrogen-bond donors (Lipinski definition) is 1. The molecule has 1 aromatic heterocycles. The second kappa shape index (κ2) is 6.22. The summed E-state index contributed by atoms with van der Waals surface area (Å²) in [6.45, 7) is 4.34. The third-order valence-corrected chi connectivity index (χ3v) is 3.76. The van der Waals surface area contributed by atoms with Crippen LogP contribution in [0.1, 0.15) is 31.1 Å². The van der Waals surface area contributed by atoms with Gasteiger partial charge < -0.3 is 14.9 Å². The molecule has 0 saturated heterocycles. The number of nitrogens with two attached hydrogens (primary N) is 1. The van der Waals surface area contributed by atoms with E-state index in [1.165, 1.54) is 12.8 Å². The van der Waals surface area contributed by atoms with Crippen molar-refractivity contribution in [1.82, 2.24) is 4.90 Å². The molecule has 1 heterocycles. The summed E-state index contributed by atoms with van der Waals surface area (Å²) in [5.74, 6) is 1.93. The van der Waals surface area contributed by atoms with Gasteiger partial charge in [-0.25, -0.2) is 0 Å². The molecule has 21 heavy (non-hydrogen) atoms. The van der Waals surface area contributed by atoms with Crippen LogP contribution in [0, 0.1) is 0 Å². The van der Waals surface area contributed by atoms with Gasteiger partial charge in [-0.15, -0.1) is 0 Å². The number of furan rings is 1. The van der Waals surface area contributed by atoms with Gasteiger partial charge in [0.25, 0.3) is 0 Å². The average Bonchev–Trinajstić information content (AvgIpc) is 3.19. The summed E-state index contributed by atoms with van der Waals surface area (Å²) >= 11 is 0. The molecule has 1 fully saturated rings. The molecule has 0 unspecified atom stereocenters. The Balaban J connectivity index is 1.77. The number of anilines is 1. The molecule has 112 valence electrons. The molecular formula is C17H22N2O2. The van der Waals surface area contributed by atoms with Crippen molar-refractivity contribution >= 4 is 5.69 Å². The predicted octanol–water partition coefficient (Wildman–Crippen LogP) is 3.43. The molecule has 3 rings (SSSR count). The number of nitrogen functional groups attached to an aromatic ring is 1. The minimum atomic E-state index is 0.644. The van der Waals surface area contributed by atoms with Crippen LogP contribution < -0.4 is 10.5 Å². The molecule has 2 aromatic rings. The van der Waals surface area contributed by atoms with Crippen LogP contribution in [0.25, 0.3) is 0 Å². The maximum absolute atomic E-state index is 5.93. The van der Waals surface area contributed by atoms with Crippen molar-refractivity contribution in [2.75, 3.05) is 12.3 Å². The lowest BCUT2D eigenvalue weighted by atomic mass is 10.1. The number of hydrogen-bond acceptors (Lipinski definition) is 4. The molecule has 0 bridgehead atoms. The molecule has 1 aliphatic rings. The molecule has 0 atom stereocenters. The Bertz CT molecular complexity index is 576. The number of rotatable bonds is 7. The number of nitrogens with zero attached hydrogens (tertiary/aromatic N) is 1. The number of ether oxygens (including phenoxy) is 1. The molecule has 0 spiro atoms. The van der Waals surface area contributed by atoms with Crippen LogP contribution in [-0.2, 0) is 13.1 Å². The average molecular weight is 286 g/mol. The lowest BCUT2D eigenvalue weighted by molar-refractivity contribution is 0.220. The topological polar surface area (TPSA) is 51.6 Å². The summed E-state index contributed by atoms with van der Waals surface area (Å²) in [4.78, 5) is 2.44. The second-order valence-corrected chi connectivity index (χ2v) is 5.52. The summed E-state index contributed by atoms with van der Waals surface area (Å²) in [6.07, 6.45) is 4.24. The van der Waals surface area contributed by atoms with Crippen LogP contribution in [0.5, 0.6) is 5.75 Å². The Morgan fingerprint density at radius 2 is 2.14 bits per heavy atom. The van der Waals surface area contributed by atoms with Gasteiger partial charge in [0.05, 0.1) is 19.4 Å². The van der Waals surface area contributed by atoms with Gasteiger partial charge in [-0.1, -0.05) is 0 Å². The van der Waals surface area contributed by atoms with Crippen LogP contribution in [0.15, 0.2) is 41.0 Å². The lowest BCUT2D eigenvalue weighted by Crippen LogP contribution is -2.25. The highest BCUT2D eigenvalue weighted by Gasteiger charge is 2.30. The highest BCUT2D eigenvalue weighted by Crippen LogP contribution is 2.32. The van der Waals surface area contributed by atoms with E-state index in [-0.39, 0.29) is 0 Å². The lowest BCUT2D eigenvalue weighted by Gasteiger charge is -2.22. The summed E-state index contributed by atoms with van der Waals surface area (Å²) in [6, 6.07) is 10.5. The van der Waals surface area contributed by atoms with E-state index < -0.39 is 0 Å². The Morgan fingerprint density at radius 3 is 2.81 bits per heavy atom. The molecule has 2 N–H and O–H groups in total. The smallest absolute Gasteiger partial charge is 0.123 e. The van der Waals surface area contributed by atoms with E-state index in [9.17, 15) is 0 Å². The van der Waals surface area contributed by atoms with Gasteiger partial charge in [-0.3, -0.25) is 4.90 Å². The predicted molar refractivity (Wildman–Crippen MR) is 83.0 cm³/mol. The van der Waals surface area contributed by atoms with Crippen molar-refractivity contribution in [3.05, 3.63) is 47.9 Å². The minimum absolute atomic E-state index is 0.644. The Kier molecular flexibility index (Phi) is 4.15. The summed E-state index contributed by atoms with van der Waals surface area (Å²) < 4.78 is 11.2. The molecule has 0 radical (unpaired) electrons. The molecular weight excluding hydrogens is 264 g/mol. The Morgan fingerprint density at radius 1 is 1.29 bits per heavy atom. The third kappa shape index (κ3) is 3.58. The van der Waals surface area contributed by atoms with Gasteiger partial charge in [-0.2, -0.15) is 0 Å². The van der Waals surface area contributed by atoms with E-state index >= 15 is 0 Å². The summed E-state index contributed by atoms with van der Waals surface area (Å²) in [5, 5.41) is 0. The zero-order valence-electron chi connectivity index (χ0n) is 12.4. The zero-order chi connectivity index (χ0) is 14.7. The van der Waals surface area contributed by atoms with Crippen molar-refractivity contribution in [3.8, 4) is 5.75 Å². The van der Waals surface area contributed by atoms with Crippen LogP contribution in [0.3, 0.4) is 0 Å². The van der Waals surface area contributed by atoms with Gasteiger partial charge in [0.2, 0.25) is 0 Å². The van der Waals surface area contributed by atoms with E-state index in [1.807, 2.05) is 37.3 Å². The first-order valence-electron chi connectivity index (χ1n) is 7.54. The molecule has 1 aromatic carbocycles. The second-order valence-electron chi connectivity index (χ2n) is 5.52. The maximum atomic E-state index is 5.93. The Hall–Kier alpha value is -1.94. The summed E-state index contributed by atoms with van der Waals surface area (Å²) in [7, 11) is 0. The molecule has 4 heteroatoms. The fraction of sp³-hybridized carbons (Fsp3) is 0.412. The van der Waals surface area contributed by atoms with E-state index in [4.69, 9.17) is 14.9 Å². The molecule has 0 aliphatic heterocycles. The molecule has 4 nitrogen and oxygen atoms in total. The van der Waals surface area contributed by atoms with E-state index in [2.05, 4.69) is 4.90 Å². The van der Waals surface area contributed by atoms with Crippen molar-refractivity contribution in [2.24, 2.45) is 0 Å². The monoisotopic (exact) mass is 286 g/mol. The van der Waals surface area contributed by atoms with Gasteiger partial charge in [0.1, 0.15) is 11.5 Å². The van der Waals surface area contributed by atoms with Crippen molar-refractivity contribution < 1.29 is 9.15 Å². The zero-order valence-corrected chi connectivity index (χ0v) is 12.4. The van der Waals surface area contributed by atoms with E-state index in [0.717, 1.165) is 35.9 Å². The van der Waals surface area contributed by atoms with Crippen molar-refractivity contribution in [1.29, 1.82) is 0 Å². The normalized spacial score (nSPS) is 14.6. The third-order valence-electron chi connectivity index (χ3n) is 3.76. The highest BCUT2D eigenvalue weighted by atomic mass is 16.5. The Labute approximate surface area is 125 Å². The quantitative estimate of drug-likeness (QED) is 0.792. The SMILES string of the molecule is CCOc1ccc(N)cc1CN(Cc1ccco1)C1CC1. The van der Waals surface area contributed by atoms with Gasteiger partial charge >= 0.3 is 0 Å². The first kappa shape index (κ1) is 14.0. The van der Waals surface area contributed by atoms with Gasteiger partial charge in [0, 0.05) is 23.8 Å². The van der Waals surface area contributed by atoms with E-state index in [1.54, 1.807) is 6.26 Å². The van der Waals surface area contributed by atoms with Crippen molar-refractivity contribution in [2.45, 2.75) is 38.9 Å². The van der Waals surface area contributed by atoms with E-state index in [0.29, 0.717) is 12.6 Å². The van der Waals surface area contributed by atoms with Crippen LogP contribution >= 0.6 is 0 Å². The number of benzene rings is 1. The highest BCUT2D eigenvalue weighted by molar-refractivity contribution is 5.48. The van der Waals surface area contributed by atoms with Gasteiger partial charge in [-0.05, 0) is 50.1 Å². The molecule has 1 saturated carbocycles. The van der Waals surface area contributed by atoms with Crippen LogP contribution in [0.2, 0.25) is 0 Å². The fourth-order valence-electron chi connectivity index (χ4n) is 2.59. The van der Waals surface area contributed by atoms with Crippen LogP contribution in [0.4, 0.5) is 5.69 Å². The minimum Gasteiger partial charge on any atom is -0.494 e. The molecule has 1 aliphatic carbocycles. The standard InChI is InChI=1S/C17H22N2O2/c1-2-20-17-8-5-14(18)10-13(17)11-19(15-6-7-15)12-16-4-3-9-21-16/h3-5,8-10,15H,2,6-7,11-12,18H2,1H3. The fourth-order valence-corrected chi connectivity index (χ4v) is 2.59. The van der Waals surface area contributed by atoms with Crippen LogP contribution in [-0.4, -0.2) is 17.5 Å². The largest absolute Gasteiger partial charge is 0.494 e. The maximum Gasteiger partial charge on any atom is 0.123 e. The first-order valence-corrected chi connectivity index (χ1v) is 7.54. The van der Waals surface area contributed by atoms with Crippen molar-refractivity contribution in [3.63, 3.8) is 0 Å². The summed E-state index contributed by atoms with van der Waals surface area (Å²) in [5.41, 5.74) is 7.86. The first-order chi connectivity index (χ1) is 10.3. The molecule has 0 amide bonds.